The second-order valence-corrected chi connectivity index (χ2v) is 7.02. The van der Waals surface area contributed by atoms with Crippen LogP contribution in [0, 0.1) is 12.8 Å². The Morgan fingerprint density at radius 1 is 1.30 bits per heavy atom. The van der Waals surface area contributed by atoms with E-state index in [1.807, 2.05) is 60.1 Å². The SMILES string of the molecule is Cc1cccn2cc(CNC(=O)CC[C@H]3Cc4ccccc4NC3=O)nc12. The lowest BCUT2D eigenvalue weighted by atomic mass is 9.89. The molecule has 0 saturated heterocycles. The summed E-state index contributed by atoms with van der Waals surface area (Å²) in [4.78, 5) is 29.0. The molecule has 0 unspecified atom stereocenters. The molecular weight excluding hydrogens is 340 g/mol. The molecule has 0 radical (unpaired) electrons. The summed E-state index contributed by atoms with van der Waals surface area (Å²) >= 11 is 0. The Balaban J connectivity index is 1.31. The predicted molar refractivity (Wildman–Crippen MR) is 103 cm³/mol. The second kappa shape index (κ2) is 7.23. The summed E-state index contributed by atoms with van der Waals surface area (Å²) < 4.78 is 1.96. The number of carbonyl (C=O) groups excluding carboxylic acids is 2. The first kappa shape index (κ1) is 17.3. The minimum absolute atomic E-state index is 0.00248. The molecule has 0 saturated carbocycles. The number of fused-ring (bicyclic) bond motifs is 2. The van der Waals surface area contributed by atoms with Gasteiger partial charge in [-0.15, -0.1) is 0 Å². The number of para-hydroxylation sites is 1. The van der Waals surface area contributed by atoms with E-state index in [9.17, 15) is 9.59 Å². The molecule has 0 aliphatic carbocycles. The van der Waals surface area contributed by atoms with Crippen molar-refractivity contribution in [2.24, 2.45) is 5.92 Å². The molecule has 2 N–H and O–H groups in total. The summed E-state index contributed by atoms with van der Waals surface area (Å²) in [6.07, 6.45) is 5.41. The van der Waals surface area contributed by atoms with Crippen molar-refractivity contribution >= 4 is 23.1 Å². The summed E-state index contributed by atoms with van der Waals surface area (Å²) in [7, 11) is 0. The van der Waals surface area contributed by atoms with Crippen LogP contribution in [-0.2, 0) is 22.6 Å². The highest BCUT2D eigenvalue weighted by molar-refractivity contribution is 5.96. The molecule has 3 aromatic rings. The van der Waals surface area contributed by atoms with Gasteiger partial charge in [0, 0.05) is 30.4 Å². The number of nitrogens with one attached hydrogen (secondary N) is 2. The monoisotopic (exact) mass is 362 g/mol. The third-order valence-electron chi connectivity index (χ3n) is 5.03. The number of pyridine rings is 1. The number of anilines is 1. The van der Waals surface area contributed by atoms with E-state index in [-0.39, 0.29) is 17.7 Å². The lowest BCUT2D eigenvalue weighted by Gasteiger charge is -2.24. The third kappa shape index (κ3) is 3.69. The summed E-state index contributed by atoms with van der Waals surface area (Å²) in [5, 5.41) is 5.83. The molecule has 27 heavy (non-hydrogen) atoms. The van der Waals surface area contributed by atoms with Gasteiger partial charge in [0.1, 0.15) is 5.65 Å². The number of hydrogen-bond donors (Lipinski definition) is 2. The zero-order valence-electron chi connectivity index (χ0n) is 15.2. The minimum Gasteiger partial charge on any atom is -0.350 e. The standard InChI is InChI=1S/C21H22N4O2/c1-14-5-4-10-25-13-17(23-20(14)25)12-22-19(26)9-8-16-11-15-6-2-3-7-18(15)24-21(16)27/h2-7,10,13,16H,8-9,11-12H2,1H3,(H,22,26)(H,24,27)/t16-/m0/s1. The number of imidazole rings is 1. The number of aryl methyl sites for hydroxylation is 1. The van der Waals surface area contributed by atoms with Crippen LogP contribution in [0.3, 0.4) is 0 Å². The van der Waals surface area contributed by atoms with Crippen molar-refractivity contribution in [1.29, 1.82) is 0 Å². The largest absolute Gasteiger partial charge is 0.350 e. The Kier molecular flexibility index (Phi) is 4.62. The van der Waals surface area contributed by atoms with E-state index in [0.29, 0.717) is 25.8 Å². The molecule has 0 spiro atoms. The van der Waals surface area contributed by atoms with Gasteiger partial charge in [0.25, 0.3) is 0 Å². The lowest BCUT2D eigenvalue weighted by Crippen LogP contribution is -2.31. The van der Waals surface area contributed by atoms with Gasteiger partial charge in [-0.1, -0.05) is 24.3 Å². The van der Waals surface area contributed by atoms with E-state index < -0.39 is 0 Å². The highest BCUT2D eigenvalue weighted by atomic mass is 16.2. The van der Waals surface area contributed by atoms with Crippen molar-refractivity contribution in [3.8, 4) is 0 Å². The average Bonchev–Trinajstić information content (AvgIpc) is 3.09. The number of nitrogens with zero attached hydrogens (tertiary/aromatic N) is 2. The van der Waals surface area contributed by atoms with Gasteiger partial charge in [0.2, 0.25) is 11.8 Å². The smallest absolute Gasteiger partial charge is 0.227 e. The molecule has 2 aromatic heterocycles. The van der Waals surface area contributed by atoms with Crippen LogP contribution in [-0.4, -0.2) is 21.2 Å². The Morgan fingerprint density at radius 2 is 2.15 bits per heavy atom. The molecule has 0 fully saturated rings. The van der Waals surface area contributed by atoms with Crippen molar-refractivity contribution in [3.05, 3.63) is 65.6 Å². The van der Waals surface area contributed by atoms with Gasteiger partial charge in [-0.2, -0.15) is 0 Å². The van der Waals surface area contributed by atoms with Crippen LogP contribution in [0.1, 0.15) is 29.7 Å². The van der Waals surface area contributed by atoms with Gasteiger partial charge in [0.05, 0.1) is 12.2 Å². The molecule has 2 amide bonds. The van der Waals surface area contributed by atoms with Crippen LogP contribution < -0.4 is 10.6 Å². The number of carbonyl (C=O) groups is 2. The first-order chi connectivity index (χ1) is 13.1. The van der Waals surface area contributed by atoms with Crippen LogP contribution in [0.25, 0.3) is 5.65 Å². The Bertz CT molecular complexity index is 1010. The summed E-state index contributed by atoms with van der Waals surface area (Å²) in [6, 6.07) is 11.8. The number of hydrogen-bond acceptors (Lipinski definition) is 3. The second-order valence-electron chi connectivity index (χ2n) is 7.02. The van der Waals surface area contributed by atoms with Gasteiger partial charge < -0.3 is 15.0 Å². The molecule has 1 aromatic carbocycles. The predicted octanol–water partition coefficient (Wildman–Crippen LogP) is 2.85. The maximum Gasteiger partial charge on any atom is 0.227 e. The van der Waals surface area contributed by atoms with Crippen molar-refractivity contribution in [3.63, 3.8) is 0 Å². The van der Waals surface area contributed by atoms with Crippen LogP contribution in [0.5, 0.6) is 0 Å². The summed E-state index contributed by atoms with van der Waals surface area (Å²) in [6.45, 7) is 2.40. The van der Waals surface area contributed by atoms with E-state index in [4.69, 9.17) is 0 Å². The molecule has 0 bridgehead atoms. The van der Waals surface area contributed by atoms with Crippen LogP contribution >= 0.6 is 0 Å². The van der Waals surface area contributed by atoms with Gasteiger partial charge in [-0.3, -0.25) is 9.59 Å². The van der Waals surface area contributed by atoms with Crippen LogP contribution in [0.15, 0.2) is 48.8 Å². The van der Waals surface area contributed by atoms with Gasteiger partial charge in [0.15, 0.2) is 0 Å². The highest BCUT2D eigenvalue weighted by Gasteiger charge is 2.26. The minimum atomic E-state index is -0.163. The summed E-state index contributed by atoms with van der Waals surface area (Å²) in [5.74, 6) is -0.226. The number of rotatable bonds is 5. The van der Waals surface area contributed by atoms with E-state index in [1.54, 1.807) is 0 Å². The lowest BCUT2D eigenvalue weighted by molar-refractivity contribution is -0.123. The van der Waals surface area contributed by atoms with E-state index in [1.165, 1.54) is 0 Å². The quantitative estimate of drug-likeness (QED) is 0.733. The zero-order chi connectivity index (χ0) is 18.8. The van der Waals surface area contributed by atoms with Gasteiger partial charge >= 0.3 is 0 Å². The van der Waals surface area contributed by atoms with Crippen molar-refractivity contribution in [2.75, 3.05) is 5.32 Å². The fraction of sp³-hybridized carbons (Fsp3) is 0.286. The third-order valence-corrected chi connectivity index (χ3v) is 5.03. The van der Waals surface area contributed by atoms with Gasteiger partial charge in [-0.05, 0) is 43.0 Å². The van der Waals surface area contributed by atoms with E-state index in [2.05, 4.69) is 15.6 Å². The number of aromatic nitrogens is 2. The zero-order valence-corrected chi connectivity index (χ0v) is 15.2. The van der Waals surface area contributed by atoms with Crippen LogP contribution in [0.4, 0.5) is 5.69 Å². The molecule has 6 nitrogen and oxygen atoms in total. The fourth-order valence-electron chi connectivity index (χ4n) is 3.52. The van der Waals surface area contributed by atoms with Crippen molar-refractivity contribution in [2.45, 2.75) is 32.7 Å². The average molecular weight is 362 g/mol. The maximum absolute atomic E-state index is 12.2. The molecule has 6 heteroatoms. The molecule has 3 heterocycles. The molecule has 1 atom stereocenters. The van der Waals surface area contributed by atoms with Crippen molar-refractivity contribution in [1.82, 2.24) is 14.7 Å². The molecule has 1 aliphatic heterocycles. The number of amides is 2. The normalized spacial score (nSPS) is 16.0. The summed E-state index contributed by atoms with van der Waals surface area (Å²) in [5.41, 5.74) is 4.83. The Labute approximate surface area is 157 Å². The molecule has 1 aliphatic rings. The molecular formula is C21H22N4O2. The Morgan fingerprint density at radius 3 is 3.00 bits per heavy atom. The first-order valence-electron chi connectivity index (χ1n) is 9.19. The fourth-order valence-corrected chi connectivity index (χ4v) is 3.52. The van der Waals surface area contributed by atoms with Crippen molar-refractivity contribution < 1.29 is 9.59 Å². The van der Waals surface area contributed by atoms with Crippen LogP contribution in [0.2, 0.25) is 0 Å². The maximum atomic E-state index is 12.2. The topological polar surface area (TPSA) is 75.5 Å². The molecule has 138 valence electrons. The first-order valence-corrected chi connectivity index (χ1v) is 9.19. The van der Waals surface area contributed by atoms with E-state index >= 15 is 0 Å². The molecule has 4 rings (SSSR count). The highest BCUT2D eigenvalue weighted by Crippen LogP contribution is 2.27. The van der Waals surface area contributed by atoms with E-state index in [0.717, 1.165) is 28.2 Å². The van der Waals surface area contributed by atoms with Gasteiger partial charge in [-0.25, -0.2) is 4.98 Å². The Hall–Kier alpha value is -3.15. The number of benzene rings is 1.